The molecular weight excluding hydrogens is 256 g/mol. The van der Waals surface area contributed by atoms with Crippen molar-refractivity contribution in [2.45, 2.75) is 25.8 Å². The summed E-state index contributed by atoms with van der Waals surface area (Å²) >= 11 is 0. The van der Waals surface area contributed by atoms with E-state index >= 15 is 0 Å². The Bertz CT molecular complexity index is 394. The van der Waals surface area contributed by atoms with Gasteiger partial charge in [0.2, 0.25) is 0 Å². The van der Waals surface area contributed by atoms with Crippen LogP contribution in [-0.2, 0) is 11.3 Å². The summed E-state index contributed by atoms with van der Waals surface area (Å²) in [5.74, 6) is -0.200. The van der Waals surface area contributed by atoms with Crippen molar-refractivity contribution >= 4 is 5.97 Å². The first-order valence-corrected chi connectivity index (χ1v) is 7.34. The van der Waals surface area contributed by atoms with Gasteiger partial charge in [0, 0.05) is 25.5 Å². The molecule has 2 N–H and O–H groups in total. The van der Waals surface area contributed by atoms with E-state index in [2.05, 4.69) is 19.8 Å². The molecule has 0 aliphatic carbocycles. The van der Waals surface area contributed by atoms with Crippen LogP contribution in [0.15, 0.2) is 18.7 Å². The van der Waals surface area contributed by atoms with Crippen LogP contribution >= 0.6 is 0 Å². The second-order valence-electron chi connectivity index (χ2n) is 5.49. The Labute approximate surface area is 119 Å². The number of piperidine rings is 1. The maximum absolute atomic E-state index is 10.5. The van der Waals surface area contributed by atoms with Gasteiger partial charge in [0.05, 0.1) is 12.9 Å². The Morgan fingerprint density at radius 3 is 3.10 bits per heavy atom. The molecule has 0 amide bonds. The van der Waals surface area contributed by atoms with Gasteiger partial charge in [-0.25, -0.2) is 4.98 Å². The molecule has 1 atom stereocenters. The average molecular weight is 280 g/mol. The van der Waals surface area contributed by atoms with E-state index in [-0.39, 0.29) is 6.54 Å². The van der Waals surface area contributed by atoms with Crippen molar-refractivity contribution in [3.8, 4) is 0 Å². The third kappa shape index (κ3) is 5.30. The second kappa shape index (κ2) is 8.01. The van der Waals surface area contributed by atoms with E-state index in [4.69, 9.17) is 5.11 Å². The van der Waals surface area contributed by atoms with Gasteiger partial charge in [-0.15, -0.1) is 0 Å². The summed E-state index contributed by atoms with van der Waals surface area (Å²) < 4.78 is 2.11. The monoisotopic (exact) mass is 280 g/mol. The largest absolute Gasteiger partial charge is 0.480 e. The smallest absolute Gasteiger partial charge is 0.317 e. The zero-order chi connectivity index (χ0) is 14.2. The molecule has 0 saturated carbocycles. The Hall–Kier alpha value is -1.40. The number of imidazole rings is 1. The lowest BCUT2D eigenvalue weighted by atomic mass is 9.98. The summed E-state index contributed by atoms with van der Waals surface area (Å²) in [6.07, 6.45) is 9.20. The van der Waals surface area contributed by atoms with E-state index in [1.54, 1.807) is 0 Å². The Kier molecular flexibility index (Phi) is 6.01. The molecule has 0 spiro atoms. The summed E-state index contributed by atoms with van der Waals surface area (Å²) in [5.41, 5.74) is 0. The van der Waals surface area contributed by atoms with Gasteiger partial charge in [0.25, 0.3) is 0 Å². The van der Waals surface area contributed by atoms with Crippen LogP contribution in [0.2, 0.25) is 0 Å². The summed E-state index contributed by atoms with van der Waals surface area (Å²) in [6.45, 7) is 5.24. The standard InChI is InChI=1S/C14H24N4O2/c19-14(20)10-16-9-13-3-1-5-17(11-13)6-2-7-18-8-4-15-12-18/h4,8,12-13,16H,1-3,5-7,9-11H2,(H,19,20). The molecule has 1 unspecified atom stereocenters. The molecule has 6 heteroatoms. The summed E-state index contributed by atoms with van der Waals surface area (Å²) in [4.78, 5) is 17.0. The van der Waals surface area contributed by atoms with E-state index in [0.29, 0.717) is 5.92 Å². The molecule has 112 valence electrons. The molecule has 2 rings (SSSR count). The predicted molar refractivity (Wildman–Crippen MR) is 76.5 cm³/mol. The number of carboxylic acid groups (broad SMARTS) is 1. The lowest BCUT2D eigenvalue weighted by Gasteiger charge is -2.32. The summed E-state index contributed by atoms with van der Waals surface area (Å²) in [7, 11) is 0. The minimum atomic E-state index is -0.780. The van der Waals surface area contributed by atoms with Crippen molar-refractivity contribution in [3.05, 3.63) is 18.7 Å². The van der Waals surface area contributed by atoms with Crippen LogP contribution in [0.4, 0.5) is 0 Å². The quantitative estimate of drug-likeness (QED) is 0.732. The number of aromatic nitrogens is 2. The molecule has 2 heterocycles. The predicted octanol–water partition coefficient (Wildman–Crippen LogP) is 0.659. The summed E-state index contributed by atoms with van der Waals surface area (Å²) in [5, 5.41) is 11.6. The van der Waals surface area contributed by atoms with Gasteiger partial charge < -0.3 is 19.9 Å². The normalized spacial score (nSPS) is 20.1. The minimum absolute atomic E-state index is 0.0666. The molecule has 1 aromatic heterocycles. The Morgan fingerprint density at radius 2 is 2.35 bits per heavy atom. The minimum Gasteiger partial charge on any atom is -0.480 e. The van der Waals surface area contributed by atoms with Crippen LogP contribution in [0.3, 0.4) is 0 Å². The fraction of sp³-hybridized carbons (Fsp3) is 0.714. The average Bonchev–Trinajstić information content (AvgIpc) is 2.92. The highest BCUT2D eigenvalue weighted by Crippen LogP contribution is 2.15. The van der Waals surface area contributed by atoms with Crippen LogP contribution in [0.5, 0.6) is 0 Å². The number of carbonyl (C=O) groups is 1. The third-order valence-corrected chi connectivity index (χ3v) is 3.76. The van der Waals surface area contributed by atoms with Crippen molar-refractivity contribution in [3.63, 3.8) is 0 Å². The van der Waals surface area contributed by atoms with Crippen molar-refractivity contribution in [1.29, 1.82) is 0 Å². The van der Waals surface area contributed by atoms with Crippen LogP contribution in [0.25, 0.3) is 0 Å². The Balaban J connectivity index is 1.61. The topological polar surface area (TPSA) is 70.4 Å². The zero-order valence-electron chi connectivity index (χ0n) is 11.9. The molecule has 0 aromatic carbocycles. The number of nitrogens with zero attached hydrogens (tertiary/aromatic N) is 3. The molecule has 1 saturated heterocycles. The van der Waals surface area contributed by atoms with Crippen molar-refractivity contribution in [1.82, 2.24) is 19.8 Å². The zero-order valence-corrected chi connectivity index (χ0v) is 11.9. The van der Waals surface area contributed by atoms with E-state index in [1.165, 1.54) is 19.4 Å². The van der Waals surface area contributed by atoms with Gasteiger partial charge in [-0.05, 0) is 44.8 Å². The van der Waals surface area contributed by atoms with Gasteiger partial charge in [0.1, 0.15) is 0 Å². The number of rotatable bonds is 8. The van der Waals surface area contributed by atoms with Gasteiger partial charge in [0.15, 0.2) is 0 Å². The number of aliphatic carboxylic acids is 1. The first-order valence-electron chi connectivity index (χ1n) is 7.34. The number of hydrogen-bond acceptors (Lipinski definition) is 4. The highest BCUT2D eigenvalue weighted by molar-refractivity contribution is 5.68. The number of aryl methyl sites for hydroxylation is 1. The van der Waals surface area contributed by atoms with Crippen LogP contribution in [0, 0.1) is 5.92 Å². The van der Waals surface area contributed by atoms with Crippen LogP contribution in [-0.4, -0.2) is 58.3 Å². The molecule has 1 fully saturated rings. The number of carboxylic acids is 1. The Morgan fingerprint density at radius 1 is 1.45 bits per heavy atom. The van der Waals surface area contributed by atoms with Gasteiger partial charge in [-0.1, -0.05) is 0 Å². The van der Waals surface area contributed by atoms with E-state index < -0.39 is 5.97 Å². The lowest BCUT2D eigenvalue weighted by molar-refractivity contribution is -0.136. The highest BCUT2D eigenvalue weighted by atomic mass is 16.4. The fourth-order valence-electron chi connectivity index (χ4n) is 2.80. The number of nitrogens with one attached hydrogen (secondary N) is 1. The molecule has 0 bridgehead atoms. The number of likely N-dealkylation sites (tertiary alicyclic amines) is 1. The van der Waals surface area contributed by atoms with Crippen LogP contribution < -0.4 is 5.32 Å². The van der Waals surface area contributed by atoms with Crippen LogP contribution in [0.1, 0.15) is 19.3 Å². The molecule has 0 radical (unpaired) electrons. The molecule has 6 nitrogen and oxygen atoms in total. The molecular formula is C14H24N4O2. The first-order chi connectivity index (χ1) is 9.74. The SMILES string of the molecule is O=C(O)CNCC1CCCN(CCCn2ccnc2)C1. The van der Waals surface area contributed by atoms with Crippen molar-refractivity contribution < 1.29 is 9.90 Å². The molecule has 1 aliphatic heterocycles. The van der Waals surface area contributed by atoms with E-state index in [9.17, 15) is 4.79 Å². The highest BCUT2D eigenvalue weighted by Gasteiger charge is 2.19. The fourth-order valence-corrected chi connectivity index (χ4v) is 2.80. The second-order valence-corrected chi connectivity index (χ2v) is 5.49. The molecule has 20 heavy (non-hydrogen) atoms. The molecule has 1 aromatic rings. The van der Waals surface area contributed by atoms with Gasteiger partial charge >= 0.3 is 5.97 Å². The van der Waals surface area contributed by atoms with E-state index in [0.717, 1.165) is 32.6 Å². The lowest BCUT2D eigenvalue weighted by Crippen LogP contribution is -2.41. The molecule has 1 aliphatic rings. The van der Waals surface area contributed by atoms with Gasteiger partial charge in [-0.2, -0.15) is 0 Å². The van der Waals surface area contributed by atoms with Crippen molar-refractivity contribution in [2.75, 3.05) is 32.7 Å². The van der Waals surface area contributed by atoms with E-state index in [1.807, 2.05) is 18.7 Å². The van der Waals surface area contributed by atoms with Gasteiger partial charge in [-0.3, -0.25) is 4.79 Å². The first kappa shape index (κ1) is 15.0. The maximum atomic E-state index is 10.5. The van der Waals surface area contributed by atoms with Crippen molar-refractivity contribution in [2.24, 2.45) is 5.92 Å². The maximum Gasteiger partial charge on any atom is 0.317 e. The summed E-state index contributed by atoms with van der Waals surface area (Å²) in [6, 6.07) is 0. The third-order valence-electron chi connectivity index (χ3n) is 3.76. The number of hydrogen-bond donors (Lipinski definition) is 2.